The minimum atomic E-state index is -1.16. The molecule has 0 aliphatic carbocycles. The van der Waals surface area contributed by atoms with Crippen LogP contribution in [0, 0.1) is 0 Å². The van der Waals surface area contributed by atoms with E-state index in [4.69, 9.17) is 37.4 Å². The maximum absolute atomic E-state index is 12.7. The van der Waals surface area contributed by atoms with Crippen LogP contribution in [0.2, 0.25) is 35.7 Å². The Labute approximate surface area is 214 Å². The van der Waals surface area contributed by atoms with Gasteiger partial charge in [-0.2, -0.15) is 0 Å². The van der Waals surface area contributed by atoms with Crippen LogP contribution in [0.1, 0.15) is 29.9 Å². The molecule has 0 bridgehead atoms. The van der Waals surface area contributed by atoms with E-state index in [0.29, 0.717) is 55.1 Å². The van der Waals surface area contributed by atoms with Gasteiger partial charge in [0.25, 0.3) is 0 Å². The Hall–Kier alpha value is -1.57. The van der Waals surface area contributed by atoms with Crippen LogP contribution >= 0.6 is 23.2 Å². The lowest BCUT2D eigenvalue weighted by atomic mass is 9.97. The second-order valence-corrected chi connectivity index (χ2v) is 16.3. The predicted molar refractivity (Wildman–Crippen MR) is 141 cm³/mol. The quantitative estimate of drug-likeness (QED) is 0.168. The van der Waals surface area contributed by atoms with Gasteiger partial charge in [-0.1, -0.05) is 73.2 Å². The number of amides is 1. The van der Waals surface area contributed by atoms with E-state index in [-0.39, 0.29) is 18.6 Å². The molecule has 0 radical (unpaired) electrons. The van der Waals surface area contributed by atoms with Gasteiger partial charge in [-0.25, -0.2) is 0 Å². The summed E-state index contributed by atoms with van der Waals surface area (Å²) in [6.45, 7) is 10.2. The zero-order chi connectivity index (χ0) is 24.6. The van der Waals surface area contributed by atoms with Gasteiger partial charge >= 0.3 is 0 Å². The second kappa shape index (κ2) is 12.9. The molecule has 1 heterocycles. The number of carbonyl (C=O) groups excluding carboxylic acids is 1. The first-order valence-electron chi connectivity index (χ1n) is 11.8. The third-order valence-corrected chi connectivity index (χ3v) is 8.36. The SMILES string of the molecule is C[Si](C)(C)CCOCOc1ccc(Cl)c(Cl)c1C1CC(=O)N(CCCOCc2ccccc2)C1. The molecule has 34 heavy (non-hydrogen) atoms. The molecule has 5 nitrogen and oxygen atoms in total. The van der Waals surface area contributed by atoms with Gasteiger partial charge in [0.15, 0.2) is 6.79 Å². The molecular weight excluding hydrogens is 489 g/mol. The predicted octanol–water partition coefficient (Wildman–Crippen LogP) is 6.61. The van der Waals surface area contributed by atoms with Gasteiger partial charge in [0.1, 0.15) is 5.75 Å². The fraction of sp³-hybridized carbons (Fsp3) is 0.500. The van der Waals surface area contributed by atoms with Gasteiger partial charge in [-0.3, -0.25) is 4.79 Å². The van der Waals surface area contributed by atoms with Crippen molar-refractivity contribution >= 4 is 37.2 Å². The van der Waals surface area contributed by atoms with Crippen molar-refractivity contribution in [1.82, 2.24) is 4.90 Å². The van der Waals surface area contributed by atoms with Crippen molar-refractivity contribution in [3.05, 3.63) is 63.6 Å². The van der Waals surface area contributed by atoms with Gasteiger partial charge in [-0.15, -0.1) is 0 Å². The molecule has 1 atom stereocenters. The third-order valence-electron chi connectivity index (χ3n) is 5.84. The molecule has 1 fully saturated rings. The Morgan fingerprint density at radius 2 is 1.79 bits per heavy atom. The van der Waals surface area contributed by atoms with Crippen molar-refractivity contribution in [3.8, 4) is 5.75 Å². The minimum Gasteiger partial charge on any atom is -0.467 e. The molecule has 2 aromatic rings. The van der Waals surface area contributed by atoms with E-state index in [1.54, 1.807) is 6.07 Å². The van der Waals surface area contributed by atoms with Crippen LogP contribution in [-0.4, -0.2) is 52.0 Å². The molecule has 1 aliphatic heterocycles. The fourth-order valence-corrected chi connectivity index (χ4v) is 5.13. The zero-order valence-corrected chi connectivity index (χ0v) is 22.8. The molecule has 1 unspecified atom stereocenters. The summed E-state index contributed by atoms with van der Waals surface area (Å²) in [4.78, 5) is 14.6. The summed E-state index contributed by atoms with van der Waals surface area (Å²) in [6, 6.07) is 14.7. The van der Waals surface area contributed by atoms with E-state index in [1.807, 2.05) is 41.3 Å². The number of hydrogen-bond donors (Lipinski definition) is 0. The van der Waals surface area contributed by atoms with Crippen LogP contribution in [0.3, 0.4) is 0 Å². The average Bonchev–Trinajstić information content (AvgIpc) is 3.15. The van der Waals surface area contributed by atoms with Crippen LogP contribution in [-0.2, 0) is 20.9 Å². The van der Waals surface area contributed by atoms with Crippen molar-refractivity contribution < 1.29 is 19.0 Å². The number of rotatable bonds is 13. The van der Waals surface area contributed by atoms with Crippen molar-refractivity contribution in [1.29, 1.82) is 0 Å². The van der Waals surface area contributed by atoms with E-state index < -0.39 is 8.07 Å². The molecule has 1 aliphatic rings. The van der Waals surface area contributed by atoms with Crippen molar-refractivity contribution in [2.45, 2.75) is 51.1 Å². The maximum Gasteiger partial charge on any atom is 0.223 e. The highest BCUT2D eigenvalue weighted by Gasteiger charge is 2.34. The monoisotopic (exact) mass is 523 g/mol. The average molecular weight is 525 g/mol. The molecule has 1 amide bonds. The van der Waals surface area contributed by atoms with Gasteiger partial charge in [0.2, 0.25) is 5.91 Å². The summed E-state index contributed by atoms with van der Waals surface area (Å²) in [6.07, 6.45) is 1.17. The molecule has 2 aromatic carbocycles. The van der Waals surface area contributed by atoms with Crippen LogP contribution < -0.4 is 4.74 Å². The molecule has 1 saturated heterocycles. The summed E-state index contributed by atoms with van der Waals surface area (Å²) in [5.41, 5.74) is 1.94. The molecule has 186 valence electrons. The zero-order valence-electron chi connectivity index (χ0n) is 20.3. The largest absolute Gasteiger partial charge is 0.467 e. The highest BCUT2D eigenvalue weighted by molar-refractivity contribution is 6.76. The number of ether oxygens (including phenoxy) is 3. The molecular formula is C26H35Cl2NO4Si. The number of halogens is 2. The first-order valence-corrected chi connectivity index (χ1v) is 16.3. The first-order chi connectivity index (χ1) is 16.2. The Morgan fingerprint density at radius 3 is 2.53 bits per heavy atom. The van der Waals surface area contributed by atoms with Gasteiger partial charge < -0.3 is 19.1 Å². The van der Waals surface area contributed by atoms with Crippen LogP contribution in [0.25, 0.3) is 0 Å². The Balaban J connectivity index is 1.51. The van der Waals surface area contributed by atoms with Crippen LogP contribution in [0.15, 0.2) is 42.5 Å². The lowest BCUT2D eigenvalue weighted by molar-refractivity contribution is -0.127. The molecule has 0 spiro atoms. The number of likely N-dealkylation sites (tertiary alicyclic amines) is 1. The summed E-state index contributed by atoms with van der Waals surface area (Å²) in [5, 5.41) is 0.913. The molecule has 0 aromatic heterocycles. The smallest absolute Gasteiger partial charge is 0.223 e. The van der Waals surface area contributed by atoms with E-state index in [2.05, 4.69) is 19.6 Å². The summed E-state index contributed by atoms with van der Waals surface area (Å²) < 4.78 is 17.4. The van der Waals surface area contributed by atoms with Crippen LogP contribution in [0.5, 0.6) is 5.75 Å². The van der Waals surface area contributed by atoms with Crippen LogP contribution in [0.4, 0.5) is 0 Å². The molecule has 0 saturated carbocycles. The van der Waals surface area contributed by atoms with E-state index >= 15 is 0 Å². The van der Waals surface area contributed by atoms with Gasteiger partial charge in [-0.05, 0) is 30.2 Å². The number of benzene rings is 2. The van der Waals surface area contributed by atoms with Crippen molar-refractivity contribution in [3.63, 3.8) is 0 Å². The molecule has 3 rings (SSSR count). The topological polar surface area (TPSA) is 48.0 Å². The lowest BCUT2D eigenvalue weighted by Gasteiger charge is -2.20. The fourth-order valence-electron chi connectivity index (χ4n) is 3.90. The second-order valence-electron chi connectivity index (χ2n) is 9.89. The van der Waals surface area contributed by atoms with E-state index in [9.17, 15) is 4.79 Å². The molecule has 8 heteroatoms. The van der Waals surface area contributed by atoms with Crippen molar-refractivity contribution in [2.24, 2.45) is 0 Å². The van der Waals surface area contributed by atoms with Crippen molar-refractivity contribution in [2.75, 3.05) is 33.1 Å². The number of carbonyl (C=O) groups is 1. The lowest BCUT2D eigenvalue weighted by Crippen LogP contribution is -2.27. The normalized spacial score (nSPS) is 16.3. The summed E-state index contributed by atoms with van der Waals surface area (Å²) in [5.74, 6) is 0.676. The molecule has 0 N–H and O–H groups in total. The summed E-state index contributed by atoms with van der Waals surface area (Å²) >= 11 is 12.9. The number of hydrogen-bond acceptors (Lipinski definition) is 4. The van der Waals surface area contributed by atoms with E-state index in [0.717, 1.165) is 23.6 Å². The highest BCUT2D eigenvalue weighted by Crippen LogP contribution is 2.42. The minimum absolute atomic E-state index is 0.0686. The Morgan fingerprint density at radius 1 is 1.03 bits per heavy atom. The summed E-state index contributed by atoms with van der Waals surface area (Å²) in [7, 11) is -1.16. The first kappa shape index (κ1) is 27.0. The Bertz CT molecular complexity index is 936. The number of nitrogens with zero attached hydrogens (tertiary/aromatic N) is 1. The standard InChI is InChI=1S/C26H35Cl2NO4Si/c1-34(2,3)15-14-32-19-33-23-11-10-22(27)26(28)25(23)21-16-24(30)29(17-21)12-7-13-31-18-20-8-5-4-6-9-20/h4-6,8-11,21H,7,12-19H2,1-3H3. The Kier molecular flexibility index (Phi) is 10.3. The maximum atomic E-state index is 12.7. The third kappa shape index (κ3) is 8.28. The van der Waals surface area contributed by atoms with E-state index in [1.165, 1.54) is 0 Å². The van der Waals surface area contributed by atoms with Gasteiger partial charge in [0, 0.05) is 52.3 Å². The highest BCUT2D eigenvalue weighted by atomic mass is 35.5. The van der Waals surface area contributed by atoms with Gasteiger partial charge in [0.05, 0.1) is 16.7 Å².